The van der Waals surface area contributed by atoms with Crippen molar-refractivity contribution in [2.45, 2.75) is 65.2 Å². The number of alkyl carbamates (subject to hydrolysis) is 1. The number of aromatic nitrogens is 1. The van der Waals surface area contributed by atoms with Gasteiger partial charge in [-0.15, -0.1) is 0 Å². The van der Waals surface area contributed by atoms with Crippen LogP contribution in [-0.2, 0) is 20.7 Å². The highest BCUT2D eigenvalue weighted by Crippen LogP contribution is 2.13. The highest BCUT2D eigenvalue weighted by atomic mass is 16.6. The fourth-order valence-electron chi connectivity index (χ4n) is 1.78. The number of rotatable bonds is 4. The molecule has 0 aliphatic carbocycles. The second-order valence-electron chi connectivity index (χ2n) is 7.52. The molecule has 0 aromatic carbocycles. The number of nitrogens with zero attached hydrogens (tertiary/aromatic N) is 1. The van der Waals surface area contributed by atoms with Crippen molar-refractivity contribution in [3.63, 3.8) is 0 Å². The Balaban J connectivity index is 2.88. The zero-order valence-corrected chi connectivity index (χ0v) is 15.2. The van der Waals surface area contributed by atoms with Crippen molar-refractivity contribution < 1.29 is 19.1 Å². The summed E-state index contributed by atoms with van der Waals surface area (Å²) in [5.41, 5.74) is 5.40. The summed E-state index contributed by atoms with van der Waals surface area (Å²) in [5, 5.41) is 2.55. The van der Waals surface area contributed by atoms with Crippen molar-refractivity contribution in [1.82, 2.24) is 10.3 Å². The predicted octanol–water partition coefficient (Wildman–Crippen LogP) is 2.44. The molecule has 0 aliphatic rings. The van der Waals surface area contributed by atoms with E-state index in [1.807, 2.05) is 0 Å². The minimum absolute atomic E-state index is 0.175. The molecule has 1 amide bonds. The van der Waals surface area contributed by atoms with Gasteiger partial charge in [0.05, 0.1) is 11.9 Å². The van der Waals surface area contributed by atoms with Crippen molar-refractivity contribution in [2.24, 2.45) is 0 Å². The number of carbonyl (C=O) groups is 2. The lowest BCUT2D eigenvalue weighted by molar-refractivity contribution is -0.157. The van der Waals surface area contributed by atoms with Crippen LogP contribution in [0.2, 0.25) is 0 Å². The van der Waals surface area contributed by atoms with E-state index >= 15 is 0 Å². The van der Waals surface area contributed by atoms with Gasteiger partial charge in [-0.25, -0.2) is 9.59 Å². The van der Waals surface area contributed by atoms with E-state index in [1.54, 1.807) is 53.7 Å². The number of hydrogen-bond acceptors (Lipinski definition) is 6. The van der Waals surface area contributed by atoms with Crippen LogP contribution in [0.5, 0.6) is 0 Å². The molecule has 1 atom stereocenters. The molecular formula is C17H27N3O4. The minimum atomic E-state index is -0.907. The van der Waals surface area contributed by atoms with Crippen molar-refractivity contribution in [3.05, 3.63) is 24.0 Å². The largest absolute Gasteiger partial charge is 0.458 e. The summed E-state index contributed by atoms with van der Waals surface area (Å²) in [5.74, 6) is -0.549. The van der Waals surface area contributed by atoms with Gasteiger partial charge in [0.1, 0.15) is 17.2 Å². The van der Waals surface area contributed by atoms with Gasteiger partial charge in [-0.05, 0) is 53.7 Å². The minimum Gasteiger partial charge on any atom is -0.458 e. The average molecular weight is 337 g/mol. The van der Waals surface area contributed by atoms with Gasteiger partial charge in [-0.2, -0.15) is 0 Å². The smallest absolute Gasteiger partial charge is 0.408 e. The highest BCUT2D eigenvalue weighted by molar-refractivity contribution is 5.82. The number of nitrogens with one attached hydrogen (secondary N) is 1. The third-order valence-corrected chi connectivity index (χ3v) is 2.64. The van der Waals surface area contributed by atoms with E-state index in [9.17, 15) is 9.59 Å². The van der Waals surface area contributed by atoms with Gasteiger partial charge in [-0.3, -0.25) is 4.98 Å². The molecule has 0 unspecified atom stereocenters. The molecule has 3 N–H and O–H groups in total. The Bertz CT molecular complexity index is 571. The second-order valence-corrected chi connectivity index (χ2v) is 7.52. The van der Waals surface area contributed by atoms with Crippen LogP contribution in [0.25, 0.3) is 0 Å². The first-order chi connectivity index (χ1) is 10.9. The van der Waals surface area contributed by atoms with Gasteiger partial charge in [0, 0.05) is 12.1 Å². The van der Waals surface area contributed by atoms with Crippen molar-refractivity contribution in [3.8, 4) is 0 Å². The quantitative estimate of drug-likeness (QED) is 0.818. The van der Waals surface area contributed by atoms with E-state index in [0.29, 0.717) is 11.4 Å². The standard InChI is InChI=1S/C17H27N3O4/c1-16(2,3)23-14(21)13(20-15(22)24-17(4,5)6)9-12-8-7-11(18)10-19-12/h7-8,10,13H,9,18H2,1-6H3,(H,20,22)/t13-/m0/s1. The Labute approximate surface area is 142 Å². The van der Waals surface area contributed by atoms with Gasteiger partial charge in [0.15, 0.2) is 0 Å². The van der Waals surface area contributed by atoms with Gasteiger partial charge >= 0.3 is 12.1 Å². The molecule has 0 radical (unpaired) electrons. The lowest BCUT2D eigenvalue weighted by atomic mass is 10.1. The fourth-order valence-corrected chi connectivity index (χ4v) is 1.78. The number of esters is 1. The van der Waals surface area contributed by atoms with E-state index in [1.165, 1.54) is 6.20 Å². The molecule has 7 nitrogen and oxygen atoms in total. The number of anilines is 1. The fraction of sp³-hybridized carbons (Fsp3) is 0.588. The molecule has 1 rings (SSSR count). The van der Waals surface area contributed by atoms with Gasteiger partial charge < -0.3 is 20.5 Å². The Kier molecular flexibility index (Phi) is 6.17. The molecule has 0 bridgehead atoms. The number of ether oxygens (including phenoxy) is 2. The SMILES string of the molecule is CC(C)(C)OC(=O)N[C@@H](Cc1ccc(N)cn1)C(=O)OC(C)(C)C. The van der Waals surface area contributed by atoms with Crippen LogP contribution in [0, 0.1) is 0 Å². The maximum absolute atomic E-state index is 12.4. The number of nitrogen functional groups attached to an aromatic ring is 1. The molecule has 0 fully saturated rings. The molecule has 0 aliphatic heterocycles. The van der Waals surface area contributed by atoms with Crippen LogP contribution in [0.1, 0.15) is 47.2 Å². The van der Waals surface area contributed by atoms with E-state index < -0.39 is 29.3 Å². The molecule has 1 heterocycles. The van der Waals surface area contributed by atoms with Crippen LogP contribution in [0.4, 0.5) is 10.5 Å². The number of nitrogens with two attached hydrogens (primary N) is 1. The van der Waals surface area contributed by atoms with Gasteiger partial charge in [-0.1, -0.05) is 0 Å². The zero-order valence-electron chi connectivity index (χ0n) is 15.2. The van der Waals surface area contributed by atoms with Crippen LogP contribution < -0.4 is 11.1 Å². The Hall–Kier alpha value is -2.31. The van der Waals surface area contributed by atoms with E-state index in [-0.39, 0.29) is 6.42 Å². The second kappa shape index (κ2) is 7.51. The first-order valence-corrected chi connectivity index (χ1v) is 7.78. The van der Waals surface area contributed by atoms with Gasteiger partial charge in [0.25, 0.3) is 0 Å². The Morgan fingerprint density at radius 3 is 2.17 bits per heavy atom. The summed E-state index contributed by atoms with van der Waals surface area (Å²) in [6.45, 7) is 10.5. The van der Waals surface area contributed by atoms with Crippen molar-refractivity contribution >= 4 is 17.7 Å². The molecule has 7 heteroatoms. The van der Waals surface area contributed by atoms with Crippen molar-refractivity contribution in [2.75, 3.05) is 5.73 Å². The number of amides is 1. The maximum Gasteiger partial charge on any atom is 0.408 e. The van der Waals surface area contributed by atoms with Gasteiger partial charge in [0.2, 0.25) is 0 Å². The number of carbonyl (C=O) groups excluding carboxylic acids is 2. The number of pyridine rings is 1. The van der Waals surface area contributed by atoms with E-state index in [0.717, 1.165) is 0 Å². The van der Waals surface area contributed by atoms with Crippen LogP contribution in [0.15, 0.2) is 18.3 Å². The summed E-state index contributed by atoms with van der Waals surface area (Å²) in [7, 11) is 0. The Morgan fingerprint density at radius 1 is 1.12 bits per heavy atom. The maximum atomic E-state index is 12.4. The van der Waals surface area contributed by atoms with Crippen molar-refractivity contribution in [1.29, 1.82) is 0 Å². The normalized spacial score (nSPS) is 13.1. The summed E-state index contributed by atoms with van der Waals surface area (Å²) >= 11 is 0. The first-order valence-electron chi connectivity index (χ1n) is 7.78. The predicted molar refractivity (Wildman–Crippen MR) is 91.4 cm³/mol. The van der Waals surface area contributed by atoms with E-state index in [2.05, 4.69) is 10.3 Å². The van der Waals surface area contributed by atoms with E-state index in [4.69, 9.17) is 15.2 Å². The Morgan fingerprint density at radius 2 is 1.71 bits per heavy atom. The zero-order chi connectivity index (χ0) is 18.5. The summed E-state index contributed by atoms with van der Waals surface area (Å²) in [6.07, 6.45) is 0.984. The van der Waals surface area contributed by atoms with Crippen LogP contribution >= 0.6 is 0 Å². The summed E-state index contributed by atoms with van der Waals surface area (Å²) in [4.78, 5) is 28.5. The average Bonchev–Trinajstić information content (AvgIpc) is 2.36. The highest BCUT2D eigenvalue weighted by Gasteiger charge is 2.29. The molecular weight excluding hydrogens is 310 g/mol. The van der Waals surface area contributed by atoms with Crippen LogP contribution in [0.3, 0.4) is 0 Å². The third-order valence-electron chi connectivity index (χ3n) is 2.64. The molecule has 134 valence electrons. The lowest BCUT2D eigenvalue weighted by Crippen LogP contribution is -2.47. The molecule has 0 saturated heterocycles. The first kappa shape index (κ1) is 19.7. The monoisotopic (exact) mass is 337 g/mol. The third kappa shape index (κ3) is 7.80. The molecule has 0 spiro atoms. The lowest BCUT2D eigenvalue weighted by Gasteiger charge is -2.26. The molecule has 1 aromatic heterocycles. The number of hydrogen-bond donors (Lipinski definition) is 2. The molecule has 24 heavy (non-hydrogen) atoms. The topological polar surface area (TPSA) is 104 Å². The molecule has 0 saturated carbocycles. The molecule has 1 aromatic rings. The summed E-state index contributed by atoms with van der Waals surface area (Å²) < 4.78 is 10.6. The summed E-state index contributed by atoms with van der Waals surface area (Å²) in [6, 6.07) is 2.47. The van der Waals surface area contributed by atoms with Crippen LogP contribution in [-0.4, -0.2) is 34.3 Å².